The van der Waals surface area contributed by atoms with Crippen molar-refractivity contribution < 1.29 is 48.9 Å². The average Bonchev–Trinajstić information content (AvgIpc) is 2.17. The summed E-state index contributed by atoms with van der Waals surface area (Å²) in [5.74, 6) is -1.11. The van der Waals surface area contributed by atoms with Gasteiger partial charge in [-0.1, -0.05) is 13.3 Å². The van der Waals surface area contributed by atoms with E-state index in [0.717, 1.165) is 19.3 Å². The third-order valence-corrected chi connectivity index (χ3v) is 2.46. The Bertz CT molecular complexity index is 200. The summed E-state index contributed by atoms with van der Waals surface area (Å²) < 4.78 is 10.6. The summed E-state index contributed by atoms with van der Waals surface area (Å²) >= 11 is 0. The molecule has 5 heteroatoms. The molecule has 1 fully saturated rings. The monoisotopic (exact) mass is 224 g/mol. The first kappa shape index (κ1) is 15.4. The molecule has 1 aliphatic heterocycles. The van der Waals surface area contributed by atoms with Crippen molar-refractivity contribution >= 4 is 5.97 Å². The van der Waals surface area contributed by atoms with E-state index in [1.807, 2.05) is 0 Å². The van der Waals surface area contributed by atoms with Crippen LogP contribution < -0.4 is 34.7 Å². The molecule has 0 bridgehead atoms. The number of carbonyl (C=O) groups excluding carboxylic acids is 1. The molecule has 0 saturated carbocycles. The van der Waals surface area contributed by atoms with Crippen molar-refractivity contribution in [3.8, 4) is 0 Å². The Morgan fingerprint density at radius 1 is 1.47 bits per heavy atom. The zero-order valence-corrected chi connectivity index (χ0v) is 11.7. The van der Waals surface area contributed by atoms with Gasteiger partial charge >= 0.3 is 29.6 Å². The molecule has 0 aliphatic carbocycles. The number of unbranched alkanes of at least 4 members (excludes halogenated alkanes) is 1. The Morgan fingerprint density at radius 2 is 2.00 bits per heavy atom. The number of hydrogen-bond donors (Lipinski definition) is 0. The Hall–Kier alpha value is 0.390. The van der Waals surface area contributed by atoms with Crippen molar-refractivity contribution in [1.82, 2.24) is 0 Å². The molecule has 4 nitrogen and oxygen atoms in total. The van der Waals surface area contributed by atoms with Crippen molar-refractivity contribution in [2.75, 3.05) is 13.2 Å². The number of rotatable bonds is 4. The van der Waals surface area contributed by atoms with Crippen LogP contribution in [0, 0.1) is 5.41 Å². The molecule has 0 aromatic heterocycles. The fourth-order valence-electron chi connectivity index (χ4n) is 1.30. The quantitative estimate of drug-likeness (QED) is 0.488. The first-order valence-electron chi connectivity index (χ1n) is 5.03. The van der Waals surface area contributed by atoms with Crippen LogP contribution in [-0.4, -0.2) is 25.5 Å². The number of hydrogen-bond acceptors (Lipinski definition) is 4. The van der Waals surface area contributed by atoms with Gasteiger partial charge in [0.25, 0.3) is 0 Å². The molecule has 0 spiro atoms. The molecule has 1 heterocycles. The Morgan fingerprint density at radius 3 is 2.40 bits per heavy atom. The SMILES string of the molecule is CCCCC1OCC(C)(C(=O)[O-])CO1.[Na+]. The molecule has 1 saturated heterocycles. The van der Waals surface area contributed by atoms with E-state index in [4.69, 9.17) is 9.47 Å². The molecule has 82 valence electrons. The topological polar surface area (TPSA) is 58.6 Å². The van der Waals surface area contributed by atoms with Gasteiger partial charge in [0, 0.05) is 0 Å². The number of carboxylic acids is 1. The fraction of sp³-hybridized carbons (Fsp3) is 0.900. The first-order chi connectivity index (χ1) is 6.58. The van der Waals surface area contributed by atoms with Gasteiger partial charge in [-0.15, -0.1) is 0 Å². The molecular formula is C10H17NaO4. The van der Waals surface area contributed by atoms with Crippen LogP contribution in [0.1, 0.15) is 33.1 Å². The van der Waals surface area contributed by atoms with Gasteiger partial charge < -0.3 is 19.4 Å². The van der Waals surface area contributed by atoms with E-state index in [0.29, 0.717) is 0 Å². The molecule has 0 amide bonds. The minimum atomic E-state index is -1.11. The standard InChI is InChI=1S/C10H18O4.Na/c1-3-4-5-8-13-6-10(2,7-14-8)9(11)12;/h8H,3-7H2,1-2H3,(H,11,12);/q;+1/p-1. The molecule has 0 radical (unpaired) electrons. The first-order valence-corrected chi connectivity index (χ1v) is 5.03. The molecule has 1 aliphatic rings. The second kappa shape index (κ2) is 6.86. The van der Waals surface area contributed by atoms with Crippen molar-refractivity contribution in [1.29, 1.82) is 0 Å². The van der Waals surface area contributed by atoms with Gasteiger partial charge in [0.2, 0.25) is 0 Å². The second-order valence-electron chi connectivity index (χ2n) is 4.04. The Balaban J connectivity index is 0.00000196. The van der Waals surface area contributed by atoms with Gasteiger partial charge in [0.05, 0.1) is 24.6 Å². The van der Waals surface area contributed by atoms with Crippen LogP contribution in [0.4, 0.5) is 0 Å². The maximum atomic E-state index is 10.7. The normalized spacial score (nSPS) is 30.7. The summed E-state index contributed by atoms with van der Waals surface area (Å²) in [4.78, 5) is 10.7. The van der Waals surface area contributed by atoms with Crippen LogP contribution in [0.25, 0.3) is 0 Å². The number of aliphatic carboxylic acids is 1. The van der Waals surface area contributed by atoms with Crippen molar-refractivity contribution in [3.63, 3.8) is 0 Å². The third-order valence-electron chi connectivity index (χ3n) is 2.46. The molecular weight excluding hydrogens is 207 g/mol. The van der Waals surface area contributed by atoms with Gasteiger partial charge in [0.1, 0.15) is 0 Å². The van der Waals surface area contributed by atoms with Crippen LogP contribution in [0.2, 0.25) is 0 Å². The minimum absolute atomic E-state index is 0. The zero-order chi connectivity index (χ0) is 10.6. The molecule has 15 heavy (non-hydrogen) atoms. The Labute approximate surface area is 113 Å². The molecule has 0 unspecified atom stereocenters. The van der Waals surface area contributed by atoms with Gasteiger partial charge in [-0.3, -0.25) is 0 Å². The molecule has 0 aromatic rings. The summed E-state index contributed by atoms with van der Waals surface area (Å²) in [6, 6.07) is 0. The van der Waals surface area contributed by atoms with Gasteiger partial charge in [0.15, 0.2) is 6.29 Å². The minimum Gasteiger partial charge on any atom is -0.549 e. The Kier molecular flexibility index (Phi) is 7.04. The maximum absolute atomic E-state index is 10.7. The van der Waals surface area contributed by atoms with E-state index >= 15 is 0 Å². The van der Waals surface area contributed by atoms with E-state index in [9.17, 15) is 9.90 Å². The van der Waals surface area contributed by atoms with Crippen LogP contribution in [-0.2, 0) is 14.3 Å². The van der Waals surface area contributed by atoms with Gasteiger partial charge in [-0.2, -0.15) is 0 Å². The number of carbonyl (C=O) groups is 1. The van der Waals surface area contributed by atoms with E-state index in [-0.39, 0.29) is 49.1 Å². The second-order valence-corrected chi connectivity index (χ2v) is 4.04. The molecule has 0 atom stereocenters. The van der Waals surface area contributed by atoms with E-state index in [1.165, 1.54) is 0 Å². The van der Waals surface area contributed by atoms with E-state index in [2.05, 4.69) is 6.92 Å². The van der Waals surface area contributed by atoms with Crippen molar-refractivity contribution in [2.45, 2.75) is 39.4 Å². The summed E-state index contributed by atoms with van der Waals surface area (Å²) in [6.45, 7) is 4.04. The predicted molar refractivity (Wildman–Crippen MR) is 48.3 cm³/mol. The predicted octanol–water partition coefficient (Wildman–Crippen LogP) is -2.69. The zero-order valence-electron chi connectivity index (χ0n) is 9.75. The van der Waals surface area contributed by atoms with Gasteiger partial charge in [-0.05, 0) is 19.8 Å². The van der Waals surface area contributed by atoms with Crippen LogP contribution in [0.5, 0.6) is 0 Å². The van der Waals surface area contributed by atoms with Crippen molar-refractivity contribution in [2.24, 2.45) is 5.41 Å². The summed E-state index contributed by atoms with van der Waals surface area (Å²) in [7, 11) is 0. The smallest absolute Gasteiger partial charge is 0.549 e. The van der Waals surface area contributed by atoms with Gasteiger partial charge in [-0.25, -0.2) is 0 Å². The maximum Gasteiger partial charge on any atom is 1.00 e. The fourth-order valence-corrected chi connectivity index (χ4v) is 1.30. The number of ether oxygens (including phenoxy) is 2. The number of carboxylic acid groups (broad SMARTS) is 1. The van der Waals surface area contributed by atoms with Crippen LogP contribution in [0.15, 0.2) is 0 Å². The van der Waals surface area contributed by atoms with E-state index in [1.54, 1.807) is 6.92 Å². The molecule has 0 N–H and O–H groups in total. The summed E-state index contributed by atoms with van der Waals surface area (Å²) in [5, 5.41) is 10.7. The molecule has 1 rings (SSSR count). The van der Waals surface area contributed by atoms with Crippen LogP contribution in [0.3, 0.4) is 0 Å². The molecule has 0 aromatic carbocycles. The average molecular weight is 224 g/mol. The largest absolute Gasteiger partial charge is 1.00 e. The van der Waals surface area contributed by atoms with E-state index < -0.39 is 11.4 Å². The third kappa shape index (κ3) is 4.41. The summed E-state index contributed by atoms with van der Waals surface area (Å²) in [6.07, 6.45) is 2.72. The van der Waals surface area contributed by atoms with Crippen LogP contribution >= 0.6 is 0 Å². The summed E-state index contributed by atoms with van der Waals surface area (Å²) in [5.41, 5.74) is -0.983. The van der Waals surface area contributed by atoms with Crippen molar-refractivity contribution in [3.05, 3.63) is 0 Å².